The molecule has 2 unspecified atom stereocenters. The predicted molar refractivity (Wildman–Crippen MR) is 51.9 cm³/mol. The number of piperazine rings is 1. The van der Waals surface area contributed by atoms with E-state index in [-0.39, 0.29) is 6.04 Å². The maximum Gasteiger partial charge on any atom is 0.0686 e. The van der Waals surface area contributed by atoms with E-state index in [1.165, 1.54) is 6.42 Å². The summed E-state index contributed by atoms with van der Waals surface area (Å²) in [5, 5.41) is 3.38. The molecule has 1 aliphatic heterocycles. The quantitative estimate of drug-likeness (QED) is 0.607. The molecule has 0 radical (unpaired) electrons. The molecule has 12 heavy (non-hydrogen) atoms. The lowest BCUT2D eigenvalue weighted by molar-refractivity contribution is 0.137. The highest BCUT2D eigenvalue weighted by Crippen LogP contribution is 2.10. The zero-order valence-corrected chi connectivity index (χ0v) is 8.01. The van der Waals surface area contributed by atoms with E-state index < -0.39 is 0 Å². The summed E-state index contributed by atoms with van der Waals surface area (Å²) in [6.07, 6.45) is 6.59. The second-order valence-corrected chi connectivity index (χ2v) is 3.35. The largest absolute Gasteiger partial charge is 0.314 e. The Morgan fingerprint density at radius 3 is 3.08 bits per heavy atom. The summed E-state index contributed by atoms with van der Waals surface area (Å²) < 4.78 is 0. The van der Waals surface area contributed by atoms with Crippen LogP contribution in [-0.2, 0) is 0 Å². The van der Waals surface area contributed by atoms with Crippen LogP contribution in [0.3, 0.4) is 0 Å². The Kier molecular flexibility index (Phi) is 3.58. The van der Waals surface area contributed by atoms with Gasteiger partial charge in [0.05, 0.1) is 6.04 Å². The average Bonchev–Trinajstić information content (AvgIpc) is 2.16. The van der Waals surface area contributed by atoms with E-state index in [4.69, 9.17) is 6.42 Å². The third kappa shape index (κ3) is 2.00. The van der Waals surface area contributed by atoms with E-state index in [0.29, 0.717) is 6.04 Å². The fourth-order valence-corrected chi connectivity index (χ4v) is 1.76. The van der Waals surface area contributed by atoms with E-state index >= 15 is 0 Å². The molecule has 0 bridgehead atoms. The maximum absolute atomic E-state index is 5.41. The van der Waals surface area contributed by atoms with Crippen LogP contribution < -0.4 is 5.32 Å². The van der Waals surface area contributed by atoms with Gasteiger partial charge in [-0.25, -0.2) is 0 Å². The Morgan fingerprint density at radius 1 is 1.75 bits per heavy atom. The van der Waals surface area contributed by atoms with Crippen LogP contribution in [0, 0.1) is 12.3 Å². The van der Waals surface area contributed by atoms with Crippen LogP contribution in [0.25, 0.3) is 0 Å². The minimum Gasteiger partial charge on any atom is -0.314 e. The SMILES string of the molecule is C#CC(C)N1CCNCC1CC. The molecule has 0 aromatic rings. The standard InChI is InChI=1S/C10H18N2/c1-4-9(3)12-7-6-11-8-10(12)5-2/h1,9-11H,5-8H2,2-3H3. The predicted octanol–water partition coefficient (Wildman–Crippen LogP) is 0.692. The molecule has 1 N–H and O–H groups in total. The summed E-state index contributed by atoms with van der Waals surface area (Å²) in [7, 11) is 0. The van der Waals surface area contributed by atoms with Gasteiger partial charge in [0.15, 0.2) is 0 Å². The molecule has 0 spiro atoms. The highest BCUT2D eigenvalue weighted by molar-refractivity contribution is 5.00. The van der Waals surface area contributed by atoms with Crippen molar-refractivity contribution in [2.24, 2.45) is 0 Å². The molecule has 2 atom stereocenters. The summed E-state index contributed by atoms with van der Waals surface area (Å²) in [5.41, 5.74) is 0. The monoisotopic (exact) mass is 166 g/mol. The maximum atomic E-state index is 5.41. The van der Waals surface area contributed by atoms with Crippen molar-refractivity contribution in [1.82, 2.24) is 10.2 Å². The zero-order valence-electron chi connectivity index (χ0n) is 8.01. The van der Waals surface area contributed by atoms with Gasteiger partial charge in [-0.05, 0) is 13.3 Å². The summed E-state index contributed by atoms with van der Waals surface area (Å²) in [4.78, 5) is 2.41. The summed E-state index contributed by atoms with van der Waals surface area (Å²) in [5.74, 6) is 2.80. The average molecular weight is 166 g/mol. The van der Waals surface area contributed by atoms with Crippen LogP contribution in [-0.4, -0.2) is 36.6 Å². The first-order valence-electron chi connectivity index (χ1n) is 4.72. The van der Waals surface area contributed by atoms with Crippen molar-refractivity contribution in [1.29, 1.82) is 0 Å². The van der Waals surface area contributed by atoms with Gasteiger partial charge in [-0.15, -0.1) is 6.42 Å². The van der Waals surface area contributed by atoms with Gasteiger partial charge in [-0.2, -0.15) is 0 Å². The van der Waals surface area contributed by atoms with E-state index in [1.54, 1.807) is 0 Å². The Balaban J connectivity index is 2.53. The lowest BCUT2D eigenvalue weighted by atomic mass is 10.1. The molecule has 1 saturated heterocycles. The van der Waals surface area contributed by atoms with Crippen molar-refractivity contribution in [3.8, 4) is 12.3 Å². The molecule has 2 nitrogen and oxygen atoms in total. The van der Waals surface area contributed by atoms with Crippen LogP contribution in [0.2, 0.25) is 0 Å². The molecule has 0 aromatic heterocycles. The number of rotatable bonds is 2. The highest BCUT2D eigenvalue weighted by Gasteiger charge is 2.23. The van der Waals surface area contributed by atoms with E-state index in [9.17, 15) is 0 Å². The van der Waals surface area contributed by atoms with Gasteiger partial charge in [0.2, 0.25) is 0 Å². The van der Waals surface area contributed by atoms with Crippen molar-refractivity contribution >= 4 is 0 Å². The topological polar surface area (TPSA) is 15.3 Å². The van der Waals surface area contributed by atoms with Crippen LogP contribution >= 0.6 is 0 Å². The lowest BCUT2D eigenvalue weighted by Gasteiger charge is -2.37. The van der Waals surface area contributed by atoms with Gasteiger partial charge in [0, 0.05) is 25.7 Å². The normalized spacial score (nSPS) is 27.9. The molecule has 0 aromatic carbocycles. The molecule has 68 valence electrons. The van der Waals surface area contributed by atoms with Crippen molar-refractivity contribution in [3.05, 3.63) is 0 Å². The van der Waals surface area contributed by atoms with E-state index in [0.717, 1.165) is 19.6 Å². The van der Waals surface area contributed by atoms with Gasteiger partial charge in [0.1, 0.15) is 0 Å². The van der Waals surface area contributed by atoms with Gasteiger partial charge >= 0.3 is 0 Å². The van der Waals surface area contributed by atoms with Crippen molar-refractivity contribution in [2.75, 3.05) is 19.6 Å². The van der Waals surface area contributed by atoms with Crippen molar-refractivity contribution in [3.63, 3.8) is 0 Å². The highest BCUT2D eigenvalue weighted by atomic mass is 15.2. The minimum atomic E-state index is 0.289. The molecule has 1 rings (SSSR count). The zero-order chi connectivity index (χ0) is 8.97. The Hall–Kier alpha value is -0.520. The van der Waals surface area contributed by atoms with Crippen molar-refractivity contribution < 1.29 is 0 Å². The van der Waals surface area contributed by atoms with Gasteiger partial charge in [-0.3, -0.25) is 4.90 Å². The molecule has 1 fully saturated rings. The Bertz CT molecular complexity index is 171. The van der Waals surface area contributed by atoms with Crippen molar-refractivity contribution in [2.45, 2.75) is 32.4 Å². The molecule has 0 amide bonds. The van der Waals surface area contributed by atoms with Gasteiger partial charge < -0.3 is 5.32 Å². The van der Waals surface area contributed by atoms with Gasteiger partial charge in [0.25, 0.3) is 0 Å². The first-order chi connectivity index (χ1) is 5.79. The molecule has 1 aliphatic rings. The second-order valence-electron chi connectivity index (χ2n) is 3.35. The van der Waals surface area contributed by atoms with Gasteiger partial charge in [-0.1, -0.05) is 12.8 Å². The third-order valence-electron chi connectivity index (χ3n) is 2.61. The number of nitrogens with one attached hydrogen (secondary N) is 1. The molecular weight excluding hydrogens is 148 g/mol. The van der Waals surface area contributed by atoms with Crippen LogP contribution in [0.4, 0.5) is 0 Å². The first-order valence-corrected chi connectivity index (χ1v) is 4.72. The van der Waals surface area contributed by atoms with Crippen LogP contribution in [0.1, 0.15) is 20.3 Å². The molecule has 0 saturated carbocycles. The number of hydrogen-bond donors (Lipinski definition) is 1. The number of hydrogen-bond acceptors (Lipinski definition) is 2. The number of nitrogens with zero attached hydrogens (tertiary/aromatic N) is 1. The molecule has 2 heteroatoms. The molecule has 0 aliphatic carbocycles. The van der Waals surface area contributed by atoms with Crippen LogP contribution in [0.5, 0.6) is 0 Å². The Labute approximate surface area is 75.3 Å². The Morgan fingerprint density at radius 2 is 2.50 bits per heavy atom. The van der Waals surface area contributed by atoms with E-state index in [2.05, 4.69) is 30.0 Å². The fourth-order valence-electron chi connectivity index (χ4n) is 1.76. The second kappa shape index (κ2) is 4.49. The molecule has 1 heterocycles. The lowest BCUT2D eigenvalue weighted by Crippen LogP contribution is -2.53. The fraction of sp³-hybridized carbons (Fsp3) is 0.800. The number of terminal acetylenes is 1. The first kappa shape index (κ1) is 9.57. The molecular formula is C10H18N2. The van der Waals surface area contributed by atoms with Crippen LogP contribution in [0.15, 0.2) is 0 Å². The minimum absolute atomic E-state index is 0.289. The van der Waals surface area contributed by atoms with E-state index in [1.807, 2.05) is 0 Å². The third-order valence-corrected chi connectivity index (χ3v) is 2.61. The summed E-state index contributed by atoms with van der Waals surface area (Å²) in [6, 6.07) is 0.918. The smallest absolute Gasteiger partial charge is 0.0686 e. The summed E-state index contributed by atoms with van der Waals surface area (Å²) >= 11 is 0. The summed E-state index contributed by atoms with van der Waals surface area (Å²) in [6.45, 7) is 7.57.